The molecule has 1 spiro atoms. The number of nitrogens with one attached hydrogen (secondary N) is 2. The molecule has 20 heavy (non-hydrogen) atoms. The molecular weight excluding hydrogens is 252 g/mol. The van der Waals surface area contributed by atoms with E-state index in [2.05, 4.69) is 17.6 Å². The summed E-state index contributed by atoms with van der Waals surface area (Å²) in [6.45, 7) is 9.04. The van der Waals surface area contributed by atoms with Crippen molar-refractivity contribution in [1.82, 2.24) is 10.6 Å². The summed E-state index contributed by atoms with van der Waals surface area (Å²) in [5.41, 5.74) is -0.0326. The average molecular weight is 282 g/mol. The Kier molecular flexibility index (Phi) is 4.62. The lowest BCUT2D eigenvalue weighted by atomic mass is 9.82. The first-order valence-electron chi connectivity index (χ1n) is 8.07. The third-order valence-electron chi connectivity index (χ3n) is 4.55. The van der Waals surface area contributed by atoms with Gasteiger partial charge in [0.2, 0.25) is 0 Å². The van der Waals surface area contributed by atoms with E-state index < -0.39 is 5.60 Å². The Morgan fingerprint density at radius 1 is 1.30 bits per heavy atom. The lowest BCUT2D eigenvalue weighted by Gasteiger charge is -2.30. The molecule has 4 nitrogen and oxygen atoms in total. The molecule has 0 heterocycles. The van der Waals surface area contributed by atoms with E-state index >= 15 is 0 Å². The van der Waals surface area contributed by atoms with E-state index in [-0.39, 0.29) is 6.09 Å². The smallest absolute Gasteiger partial charge is 0.407 e. The molecule has 116 valence electrons. The lowest BCUT2D eigenvalue weighted by molar-refractivity contribution is 0.0512. The third-order valence-corrected chi connectivity index (χ3v) is 4.55. The predicted molar refractivity (Wildman–Crippen MR) is 80.8 cm³/mol. The largest absolute Gasteiger partial charge is 0.444 e. The van der Waals surface area contributed by atoms with Crippen molar-refractivity contribution in [3.05, 3.63) is 0 Å². The van der Waals surface area contributed by atoms with Crippen molar-refractivity contribution < 1.29 is 9.53 Å². The standard InChI is InChI=1S/C16H30N2O2/c1-5-10-17-12-6-8-16(9-7-12)11-13(16)18-14(19)20-15(2,3)4/h12-13,17H,5-11H2,1-4H3,(H,18,19). The molecule has 2 aliphatic rings. The summed E-state index contributed by atoms with van der Waals surface area (Å²) in [6, 6.07) is 1.02. The van der Waals surface area contributed by atoms with Gasteiger partial charge >= 0.3 is 6.09 Å². The maximum atomic E-state index is 11.8. The molecule has 0 aromatic carbocycles. The van der Waals surface area contributed by atoms with Gasteiger partial charge in [-0.05, 0) is 71.3 Å². The highest BCUT2D eigenvalue weighted by atomic mass is 16.6. The second kappa shape index (κ2) is 5.92. The molecule has 2 fully saturated rings. The molecule has 1 atom stereocenters. The van der Waals surface area contributed by atoms with Crippen molar-refractivity contribution in [3.63, 3.8) is 0 Å². The summed E-state index contributed by atoms with van der Waals surface area (Å²) in [7, 11) is 0. The number of rotatable bonds is 4. The molecule has 4 heteroatoms. The zero-order valence-electron chi connectivity index (χ0n) is 13.4. The van der Waals surface area contributed by atoms with Crippen molar-refractivity contribution in [3.8, 4) is 0 Å². The fraction of sp³-hybridized carbons (Fsp3) is 0.938. The molecule has 2 saturated carbocycles. The van der Waals surface area contributed by atoms with Gasteiger partial charge in [0.15, 0.2) is 0 Å². The van der Waals surface area contributed by atoms with Crippen LogP contribution in [0.5, 0.6) is 0 Å². The van der Waals surface area contributed by atoms with Gasteiger partial charge in [0.25, 0.3) is 0 Å². The van der Waals surface area contributed by atoms with Crippen molar-refractivity contribution in [2.24, 2.45) is 5.41 Å². The third kappa shape index (κ3) is 4.11. The molecule has 0 saturated heterocycles. The fourth-order valence-electron chi connectivity index (χ4n) is 3.30. The fourth-order valence-corrected chi connectivity index (χ4v) is 3.30. The molecule has 2 rings (SSSR count). The molecule has 0 aromatic rings. The number of amides is 1. The van der Waals surface area contributed by atoms with Crippen LogP contribution in [0.25, 0.3) is 0 Å². The number of ether oxygens (including phenoxy) is 1. The summed E-state index contributed by atoms with van der Waals surface area (Å²) in [4.78, 5) is 11.8. The van der Waals surface area contributed by atoms with E-state index in [4.69, 9.17) is 4.74 Å². The van der Waals surface area contributed by atoms with E-state index in [9.17, 15) is 4.79 Å². The Hall–Kier alpha value is -0.770. The Morgan fingerprint density at radius 2 is 1.95 bits per heavy atom. The van der Waals surface area contributed by atoms with Gasteiger partial charge in [-0.3, -0.25) is 0 Å². The lowest BCUT2D eigenvalue weighted by Crippen LogP contribution is -2.39. The number of hydrogen-bond donors (Lipinski definition) is 2. The monoisotopic (exact) mass is 282 g/mol. The van der Waals surface area contributed by atoms with Crippen LogP contribution in [-0.2, 0) is 4.74 Å². The Bertz CT molecular complexity index is 341. The molecule has 2 N–H and O–H groups in total. The predicted octanol–water partition coefficient (Wildman–Crippen LogP) is 3.21. The maximum absolute atomic E-state index is 11.8. The van der Waals surface area contributed by atoms with Gasteiger partial charge in [-0.2, -0.15) is 0 Å². The van der Waals surface area contributed by atoms with Crippen molar-refractivity contribution in [2.45, 2.75) is 83.9 Å². The first-order chi connectivity index (χ1) is 9.35. The molecular formula is C16H30N2O2. The van der Waals surface area contributed by atoms with Gasteiger partial charge in [-0.25, -0.2) is 4.79 Å². The maximum Gasteiger partial charge on any atom is 0.407 e. The van der Waals surface area contributed by atoms with Crippen LogP contribution in [0.1, 0.15) is 66.2 Å². The van der Waals surface area contributed by atoms with Crippen molar-refractivity contribution in [1.29, 1.82) is 0 Å². The first-order valence-corrected chi connectivity index (χ1v) is 8.07. The van der Waals surface area contributed by atoms with Gasteiger partial charge < -0.3 is 15.4 Å². The van der Waals surface area contributed by atoms with Gasteiger partial charge in [0.1, 0.15) is 5.60 Å². The molecule has 1 unspecified atom stereocenters. The van der Waals surface area contributed by atoms with Crippen LogP contribution < -0.4 is 10.6 Å². The quantitative estimate of drug-likeness (QED) is 0.832. The minimum Gasteiger partial charge on any atom is -0.444 e. The molecule has 0 radical (unpaired) electrons. The summed E-state index contributed by atoms with van der Waals surface area (Å²) < 4.78 is 5.33. The van der Waals surface area contributed by atoms with E-state index in [0.29, 0.717) is 17.5 Å². The molecule has 2 aliphatic carbocycles. The second-order valence-corrected chi connectivity index (χ2v) is 7.49. The van der Waals surface area contributed by atoms with Gasteiger partial charge in [-0.15, -0.1) is 0 Å². The minimum absolute atomic E-state index is 0.259. The number of alkyl carbamates (subject to hydrolysis) is 1. The Labute approximate surface area is 123 Å². The zero-order valence-corrected chi connectivity index (χ0v) is 13.4. The van der Waals surface area contributed by atoms with Gasteiger partial charge in [0, 0.05) is 12.1 Å². The van der Waals surface area contributed by atoms with E-state index in [1.165, 1.54) is 32.1 Å². The van der Waals surface area contributed by atoms with Gasteiger partial charge in [0.05, 0.1) is 0 Å². The number of carbonyl (C=O) groups excluding carboxylic acids is 1. The van der Waals surface area contributed by atoms with Crippen LogP contribution in [0.15, 0.2) is 0 Å². The van der Waals surface area contributed by atoms with Crippen molar-refractivity contribution in [2.75, 3.05) is 6.54 Å². The molecule has 1 amide bonds. The SMILES string of the molecule is CCCNC1CCC2(CC1)CC2NC(=O)OC(C)(C)C. The Morgan fingerprint density at radius 3 is 2.50 bits per heavy atom. The summed E-state index contributed by atoms with van der Waals surface area (Å²) >= 11 is 0. The molecule has 0 aromatic heterocycles. The van der Waals surface area contributed by atoms with Gasteiger partial charge in [-0.1, -0.05) is 6.92 Å². The van der Waals surface area contributed by atoms with Crippen molar-refractivity contribution >= 4 is 6.09 Å². The van der Waals surface area contributed by atoms with Crippen LogP contribution in [0.2, 0.25) is 0 Å². The van der Waals surface area contributed by atoms with E-state index in [1.807, 2.05) is 20.8 Å². The van der Waals surface area contributed by atoms with Crippen LogP contribution in [0.4, 0.5) is 4.79 Å². The second-order valence-electron chi connectivity index (χ2n) is 7.49. The highest BCUT2D eigenvalue weighted by molar-refractivity contribution is 5.68. The summed E-state index contributed by atoms with van der Waals surface area (Å²) in [5, 5.41) is 6.66. The minimum atomic E-state index is -0.409. The van der Waals surface area contributed by atoms with Crippen LogP contribution in [-0.4, -0.2) is 30.3 Å². The molecule has 0 aliphatic heterocycles. The van der Waals surface area contributed by atoms with Crippen LogP contribution >= 0.6 is 0 Å². The normalized spacial score (nSPS) is 33.0. The Balaban J connectivity index is 1.71. The molecule has 0 bridgehead atoms. The summed E-state index contributed by atoms with van der Waals surface area (Å²) in [5.74, 6) is 0. The van der Waals surface area contributed by atoms with Crippen LogP contribution in [0.3, 0.4) is 0 Å². The highest BCUT2D eigenvalue weighted by Gasteiger charge is 2.55. The van der Waals surface area contributed by atoms with E-state index in [1.54, 1.807) is 0 Å². The first kappa shape index (κ1) is 15.6. The topological polar surface area (TPSA) is 50.4 Å². The highest BCUT2D eigenvalue weighted by Crippen LogP contribution is 2.56. The number of carbonyl (C=O) groups is 1. The average Bonchev–Trinajstić information content (AvgIpc) is 2.98. The zero-order chi connectivity index (χ0) is 14.8. The van der Waals surface area contributed by atoms with Crippen LogP contribution in [0, 0.1) is 5.41 Å². The number of hydrogen-bond acceptors (Lipinski definition) is 3. The van der Waals surface area contributed by atoms with E-state index in [0.717, 1.165) is 13.0 Å². The summed E-state index contributed by atoms with van der Waals surface area (Å²) in [6.07, 6.45) is 7.02.